The second-order valence-electron chi connectivity index (χ2n) is 3.73. The van der Waals surface area contributed by atoms with Gasteiger partial charge in [-0.05, 0) is 26.7 Å². The molecule has 1 aromatic heterocycles. The zero-order valence-electron chi connectivity index (χ0n) is 9.75. The maximum absolute atomic E-state index is 11.4. The quantitative estimate of drug-likeness (QED) is 0.701. The number of aryl methyl sites for hydroxylation is 2. The fourth-order valence-corrected chi connectivity index (χ4v) is 1.49. The minimum Gasteiger partial charge on any atom is -0.396 e. The first-order valence-corrected chi connectivity index (χ1v) is 5.44. The lowest BCUT2D eigenvalue weighted by atomic mass is 10.1. The van der Waals surface area contributed by atoms with Gasteiger partial charge in [0, 0.05) is 25.1 Å². The molecule has 0 spiro atoms. The highest BCUT2D eigenvalue weighted by atomic mass is 16.5. The molecule has 0 radical (unpaired) electrons. The summed E-state index contributed by atoms with van der Waals surface area (Å²) in [6.45, 7) is 4.34. The molecule has 90 valence electrons. The van der Waals surface area contributed by atoms with Crippen LogP contribution in [0.2, 0.25) is 0 Å². The Bertz CT molecular complexity index is 327. The summed E-state index contributed by atoms with van der Waals surface area (Å²) < 4.78 is 5.01. The molecule has 0 saturated heterocycles. The van der Waals surface area contributed by atoms with Crippen LogP contribution in [0.5, 0.6) is 0 Å². The molecule has 1 aromatic rings. The Kier molecular flexibility index (Phi) is 4.98. The van der Waals surface area contributed by atoms with E-state index in [1.54, 1.807) is 0 Å². The van der Waals surface area contributed by atoms with E-state index < -0.39 is 0 Å². The van der Waals surface area contributed by atoms with Gasteiger partial charge in [-0.15, -0.1) is 0 Å². The van der Waals surface area contributed by atoms with Gasteiger partial charge in [0.2, 0.25) is 5.91 Å². The summed E-state index contributed by atoms with van der Waals surface area (Å²) in [5.41, 5.74) is 1.86. The van der Waals surface area contributed by atoms with Gasteiger partial charge in [-0.3, -0.25) is 4.79 Å². The first-order chi connectivity index (χ1) is 7.65. The summed E-state index contributed by atoms with van der Waals surface area (Å²) >= 11 is 0. The molecule has 0 aliphatic carbocycles. The summed E-state index contributed by atoms with van der Waals surface area (Å²) in [6, 6.07) is 0. The zero-order valence-corrected chi connectivity index (χ0v) is 9.75. The Morgan fingerprint density at radius 1 is 1.50 bits per heavy atom. The molecule has 5 nitrogen and oxygen atoms in total. The van der Waals surface area contributed by atoms with Crippen molar-refractivity contribution in [3.8, 4) is 0 Å². The molecule has 0 aliphatic rings. The second-order valence-corrected chi connectivity index (χ2v) is 3.73. The third kappa shape index (κ3) is 3.66. The fourth-order valence-electron chi connectivity index (χ4n) is 1.49. The summed E-state index contributed by atoms with van der Waals surface area (Å²) in [5, 5.41) is 15.1. The topological polar surface area (TPSA) is 75.4 Å². The molecule has 1 heterocycles. The van der Waals surface area contributed by atoms with Crippen molar-refractivity contribution in [2.24, 2.45) is 0 Å². The molecule has 0 saturated carbocycles. The van der Waals surface area contributed by atoms with Gasteiger partial charge in [0.25, 0.3) is 0 Å². The van der Waals surface area contributed by atoms with Crippen LogP contribution in [0, 0.1) is 13.8 Å². The van der Waals surface area contributed by atoms with Gasteiger partial charge in [0.15, 0.2) is 0 Å². The van der Waals surface area contributed by atoms with Crippen LogP contribution < -0.4 is 5.32 Å². The number of hydrogen-bond acceptors (Lipinski definition) is 4. The Morgan fingerprint density at radius 2 is 2.25 bits per heavy atom. The molecule has 0 atom stereocenters. The number of nitrogens with zero attached hydrogens (tertiary/aromatic N) is 1. The van der Waals surface area contributed by atoms with Crippen molar-refractivity contribution in [2.75, 3.05) is 13.2 Å². The van der Waals surface area contributed by atoms with Gasteiger partial charge < -0.3 is 14.9 Å². The summed E-state index contributed by atoms with van der Waals surface area (Å²) in [6.07, 6.45) is 1.66. The SMILES string of the molecule is Cc1noc(C)c1CCC(=O)NCCCO. The van der Waals surface area contributed by atoms with E-state index in [0.29, 0.717) is 25.8 Å². The minimum absolute atomic E-state index is 0.00606. The molecule has 16 heavy (non-hydrogen) atoms. The molecule has 0 bridgehead atoms. The van der Waals surface area contributed by atoms with Crippen molar-refractivity contribution in [3.05, 3.63) is 17.0 Å². The summed E-state index contributed by atoms with van der Waals surface area (Å²) in [5.74, 6) is 0.772. The largest absolute Gasteiger partial charge is 0.396 e. The number of nitrogens with one attached hydrogen (secondary N) is 1. The fraction of sp³-hybridized carbons (Fsp3) is 0.636. The zero-order chi connectivity index (χ0) is 12.0. The molecule has 0 aromatic carbocycles. The highest BCUT2D eigenvalue weighted by molar-refractivity contribution is 5.76. The molecule has 5 heteroatoms. The number of aromatic nitrogens is 1. The van der Waals surface area contributed by atoms with E-state index >= 15 is 0 Å². The van der Waals surface area contributed by atoms with Crippen molar-refractivity contribution in [2.45, 2.75) is 33.1 Å². The van der Waals surface area contributed by atoms with Crippen molar-refractivity contribution in [1.29, 1.82) is 0 Å². The second kappa shape index (κ2) is 6.27. The van der Waals surface area contributed by atoms with Crippen LogP contribution in [0.1, 0.15) is 29.9 Å². The van der Waals surface area contributed by atoms with E-state index in [2.05, 4.69) is 10.5 Å². The highest BCUT2D eigenvalue weighted by Gasteiger charge is 2.10. The number of carbonyl (C=O) groups excluding carboxylic acids is 1. The lowest BCUT2D eigenvalue weighted by Gasteiger charge is -2.03. The number of carbonyl (C=O) groups is 1. The smallest absolute Gasteiger partial charge is 0.220 e. The van der Waals surface area contributed by atoms with E-state index in [-0.39, 0.29) is 12.5 Å². The Hall–Kier alpha value is -1.36. The monoisotopic (exact) mass is 226 g/mol. The van der Waals surface area contributed by atoms with Crippen molar-refractivity contribution >= 4 is 5.91 Å². The molecular formula is C11H18N2O3. The van der Waals surface area contributed by atoms with Crippen molar-refractivity contribution in [1.82, 2.24) is 10.5 Å². The minimum atomic E-state index is -0.00606. The maximum atomic E-state index is 11.4. The average molecular weight is 226 g/mol. The van der Waals surface area contributed by atoms with E-state index in [4.69, 9.17) is 9.63 Å². The van der Waals surface area contributed by atoms with Crippen molar-refractivity contribution in [3.63, 3.8) is 0 Å². The number of rotatable bonds is 6. The molecule has 0 fully saturated rings. The van der Waals surface area contributed by atoms with Crippen LogP contribution in [-0.4, -0.2) is 29.3 Å². The number of aliphatic hydroxyl groups excluding tert-OH is 1. The van der Waals surface area contributed by atoms with Crippen LogP contribution in [-0.2, 0) is 11.2 Å². The number of aliphatic hydroxyl groups is 1. The lowest BCUT2D eigenvalue weighted by molar-refractivity contribution is -0.121. The van der Waals surface area contributed by atoms with Gasteiger partial charge in [0.05, 0.1) is 5.69 Å². The van der Waals surface area contributed by atoms with Gasteiger partial charge in [-0.2, -0.15) is 0 Å². The lowest BCUT2D eigenvalue weighted by Crippen LogP contribution is -2.25. The summed E-state index contributed by atoms with van der Waals surface area (Å²) in [4.78, 5) is 11.4. The predicted octanol–water partition coefficient (Wildman–Crippen LogP) is 0.723. The normalized spacial score (nSPS) is 10.4. The van der Waals surface area contributed by atoms with Crippen LogP contribution in [0.3, 0.4) is 0 Å². The predicted molar refractivity (Wildman–Crippen MR) is 59.0 cm³/mol. The molecule has 2 N–H and O–H groups in total. The highest BCUT2D eigenvalue weighted by Crippen LogP contribution is 2.13. The maximum Gasteiger partial charge on any atom is 0.220 e. The Morgan fingerprint density at radius 3 is 2.81 bits per heavy atom. The first kappa shape index (κ1) is 12.7. The third-order valence-corrected chi connectivity index (χ3v) is 2.44. The molecule has 1 amide bonds. The van der Waals surface area contributed by atoms with E-state index in [0.717, 1.165) is 17.0 Å². The van der Waals surface area contributed by atoms with Crippen LogP contribution in [0.4, 0.5) is 0 Å². The number of hydrogen-bond donors (Lipinski definition) is 2. The molecule has 0 unspecified atom stereocenters. The van der Waals surface area contributed by atoms with Gasteiger partial charge >= 0.3 is 0 Å². The van der Waals surface area contributed by atoms with Gasteiger partial charge in [0.1, 0.15) is 5.76 Å². The third-order valence-electron chi connectivity index (χ3n) is 2.44. The number of amides is 1. The van der Waals surface area contributed by atoms with Crippen LogP contribution in [0.25, 0.3) is 0 Å². The molecule has 0 aliphatic heterocycles. The molecular weight excluding hydrogens is 208 g/mol. The van der Waals surface area contributed by atoms with Crippen LogP contribution in [0.15, 0.2) is 4.52 Å². The average Bonchev–Trinajstić information content (AvgIpc) is 2.57. The summed E-state index contributed by atoms with van der Waals surface area (Å²) in [7, 11) is 0. The van der Waals surface area contributed by atoms with E-state index in [9.17, 15) is 4.79 Å². The van der Waals surface area contributed by atoms with Gasteiger partial charge in [-0.1, -0.05) is 5.16 Å². The van der Waals surface area contributed by atoms with Crippen molar-refractivity contribution < 1.29 is 14.4 Å². The van der Waals surface area contributed by atoms with Crippen LogP contribution >= 0.6 is 0 Å². The standard InChI is InChI=1S/C11H18N2O3/c1-8-10(9(2)16-13-8)4-5-11(15)12-6-3-7-14/h14H,3-7H2,1-2H3,(H,12,15). The Labute approximate surface area is 94.8 Å². The molecule has 1 rings (SSSR count). The Balaban J connectivity index is 2.32. The van der Waals surface area contributed by atoms with E-state index in [1.807, 2.05) is 13.8 Å². The first-order valence-electron chi connectivity index (χ1n) is 5.44. The van der Waals surface area contributed by atoms with Gasteiger partial charge in [-0.25, -0.2) is 0 Å². The van der Waals surface area contributed by atoms with E-state index in [1.165, 1.54) is 0 Å².